The van der Waals surface area contributed by atoms with Crippen molar-refractivity contribution >= 4 is 33.0 Å². The first-order valence-electron chi connectivity index (χ1n) is 8.01. The van der Waals surface area contributed by atoms with Crippen LogP contribution in [0, 0.1) is 0 Å². The van der Waals surface area contributed by atoms with E-state index in [0.717, 1.165) is 33.3 Å². The molecule has 1 heterocycles. The SMILES string of the molecule is C=C/C=C(\C=C)c1ccc2[nH]c3ccc(C(=C)/C=C\C)cc3c2c1.[HH]. The van der Waals surface area contributed by atoms with E-state index in [2.05, 4.69) is 61.1 Å². The molecule has 1 heteroatoms. The average molecular weight is 313 g/mol. The summed E-state index contributed by atoms with van der Waals surface area (Å²) in [6, 6.07) is 12.8. The van der Waals surface area contributed by atoms with Gasteiger partial charge in [0.05, 0.1) is 0 Å². The molecule has 0 radical (unpaired) electrons. The van der Waals surface area contributed by atoms with Crippen molar-refractivity contribution in [2.24, 2.45) is 0 Å². The number of nitrogens with one attached hydrogen (secondary N) is 1. The Labute approximate surface area is 144 Å². The number of hydrogen-bond donors (Lipinski definition) is 1. The second kappa shape index (κ2) is 6.59. The molecule has 0 aliphatic rings. The molecule has 0 fully saturated rings. The van der Waals surface area contributed by atoms with Crippen LogP contribution in [0.15, 0.2) is 86.5 Å². The van der Waals surface area contributed by atoms with Gasteiger partial charge in [-0.3, -0.25) is 0 Å². The number of fused-ring (bicyclic) bond motifs is 3. The highest BCUT2D eigenvalue weighted by Gasteiger charge is 2.08. The molecule has 0 atom stereocenters. The van der Waals surface area contributed by atoms with Gasteiger partial charge in [-0.1, -0.05) is 62.2 Å². The predicted molar refractivity (Wildman–Crippen MR) is 110 cm³/mol. The Morgan fingerprint density at radius 1 is 1.00 bits per heavy atom. The fourth-order valence-electron chi connectivity index (χ4n) is 2.98. The zero-order valence-electron chi connectivity index (χ0n) is 14.0. The molecule has 2 aromatic carbocycles. The maximum Gasteiger partial charge on any atom is 0.0465 e. The second-order valence-corrected chi connectivity index (χ2v) is 5.73. The minimum absolute atomic E-state index is 0. The van der Waals surface area contributed by atoms with Gasteiger partial charge in [0.25, 0.3) is 0 Å². The van der Waals surface area contributed by atoms with E-state index in [0.29, 0.717) is 0 Å². The lowest BCUT2D eigenvalue weighted by molar-refractivity contribution is 1.53. The van der Waals surface area contributed by atoms with E-state index < -0.39 is 0 Å². The number of rotatable bonds is 5. The molecule has 1 nitrogen and oxygen atoms in total. The van der Waals surface area contributed by atoms with E-state index in [1.54, 1.807) is 6.08 Å². The summed E-state index contributed by atoms with van der Waals surface area (Å²) in [7, 11) is 0. The van der Waals surface area contributed by atoms with E-state index in [4.69, 9.17) is 0 Å². The fourth-order valence-corrected chi connectivity index (χ4v) is 2.98. The third kappa shape index (κ3) is 2.77. The molecule has 0 aliphatic carbocycles. The van der Waals surface area contributed by atoms with Crippen molar-refractivity contribution in [1.29, 1.82) is 0 Å². The molecule has 0 aliphatic heterocycles. The third-order valence-electron chi connectivity index (χ3n) is 4.19. The molecule has 3 rings (SSSR count). The Hall–Kier alpha value is -3.06. The maximum atomic E-state index is 4.14. The topological polar surface area (TPSA) is 15.8 Å². The number of hydrogen-bond acceptors (Lipinski definition) is 0. The molecule has 3 aromatic rings. The molecule has 0 amide bonds. The molecule has 1 N–H and O–H groups in total. The van der Waals surface area contributed by atoms with Crippen molar-refractivity contribution in [3.05, 3.63) is 97.6 Å². The van der Waals surface area contributed by atoms with E-state index in [1.165, 1.54) is 10.8 Å². The highest BCUT2D eigenvalue weighted by molar-refractivity contribution is 6.09. The van der Waals surface area contributed by atoms with Crippen LogP contribution in [0.3, 0.4) is 0 Å². The smallest absolute Gasteiger partial charge is 0.0465 e. The van der Waals surface area contributed by atoms with Gasteiger partial charge < -0.3 is 4.98 Å². The molecular weight excluding hydrogens is 290 g/mol. The maximum absolute atomic E-state index is 4.14. The normalized spacial score (nSPS) is 12.1. The summed E-state index contributed by atoms with van der Waals surface area (Å²) in [6.07, 6.45) is 9.66. The molecule has 1 aromatic heterocycles. The highest BCUT2D eigenvalue weighted by Crippen LogP contribution is 2.30. The minimum Gasteiger partial charge on any atom is -0.355 e. The standard InChI is InChI=1S/C23H21N.H2/c1-5-8-16(4)18-10-12-22-20(14-18)21-15-19(11-13-23(21)24-22)17(7-3)9-6-2;/h5-15,24H,2-4H2,1H3;1H/b8-5-,17-9+;. The average Bonchev–Trinajstić information content (AvgIpc) is 2.96. The number of benzene rings is 2. The van der Waals surface area contributed by atoms with Gasteiger partial charge in [0.15, 0.2) is 0 Å². The first-order valence-corrected chi connectivity index (χ1v) is 8.01. The Kier molecular flexibility index (Phi) is 4.35. The van der Waals surface area contributed by atoms with Gasteiger partial charge in [-0.25, -0.2) is 0 Å². The first-order chi connectivity index (χ1) is 11.7. The summed E-state index contributed by atoms with van der Waals surface area (Å²) in [5.74, 6) is 0. The largest absolute Gasteiger partial charge is 0.355 e. The van der Waals surface area contributed by atoms with Gasteiger partial charge in [0, 0.05) is 23.2 Å². The number of aromatic nitrogens is 1. The highest BCUT2D eigenvalue weighted by atomic mass is 14.7. The molecule has 0 spiro atoms. The fraction of sp³-hybridized carbons (Fsp3) is 0.0435. The van der Waals surface area contributed by atoms with Gasteiger partial charge in [-0.15, -0.1) is 0 Å². The minimum atomic E-state index is 0. The summed E-state index contributed by atoms with van der Waals surface area (Å²) < 4.78 is 0. The van der Waals surface area contributed by atoms with Gasteiger partial charge in [0.1, 0.15) is 0 Å². The lowest BCUT2D eigenvalue weighted by atomic mass is 10.0. The molecule has 0 saturated heterocycles. The number of aromatic amines is 1. The molecule has 0 unspecified atom stereocenters. The zero-order chi connectivity index (χ0) is 17.1. The van der Waals surface area contributed by atoms with Crippen molar-refractivity contribution in [1.82, 2.24) is 4.98 Å². The van der Waals surface area contributed by atoms with Crippen molar-refractivity contribution < 1.29 is 1.43 Å². The molecule has 120 valence electrons. The third-order valence-corrected chi connectivity index (χ3v) is 4.19. The van der Waals surface area contributed by atoms with Crippen LogP contribution in [-0.4, -0.2) is 4.98 Å². The summed E-state index contributed by atoms with van der Waals surface area (Å²) in [5, 5.41) is 2.41. The Morgan fingerprint density at radius 2 is 1.62 bits per heavy atom. The Balaban J connectivity index is 0.00000225. The van der Waals surface area contributed by atoms with Crippen molar-refractivity contribution in [3.63, 3.8) is 0 Å². The molecule has 0 saturated carbocycles. The summed E-state index contributed by atoms with van der Waals surface area (Å²) in [4.78, 5) is 3.48. The van der Waals surface area contributed by atoms with Crippen molar-refractivity contribution in [3.8, 4) is 0 Å². The number of H-pyrrole nitrogens is 1. The lowest BCUT2D eigenvalue weighted by Gasteiger charge is -2.03. The van der Waals surface area contributed by atoms with Gasteiger partial charge in [-0.05, 0) is 53.5 Å². The van der Waals surface area contributed by atoms with Crippen LogP contribution in [0.5, 0.6) is 0 Å². The van der Waals surface area contributed by atoms with Gasteiger partial charge in [0.2, 0.25) is 0 Å². The molecular formula is C23H23N. The predicted octanol–water partition coefficient (Wildman–Crippen LogP) is 6.91. The van der Waals surface area contributed by atoms with Crippen molar-refractivity contribution in [2.45, 2.75) is 6.92 Å². The van der Waals surface area contributed by atoms with Crippen LogP contribution in [0.1, 0.15) is 19.5 Å². The summed E-state index contributed by atoms with van der Waals surface area (Å²) in [6.45, 7) is 13.8. The summed E-state index contributed by atoms with van der Waals surface area (Å²) >= 11 is 0. The van der Waals surface area contributed by atoms with E-state index in [9.17, 15) is 0 Å². The lowest BCUT2D eigenvalue weighted by Crippen LogP contribution is -1.81. The zero-order valence-corrected chi connectivity index (χ0v) is 14.0. The molecule has 24 heavy (non-hydrogen) atoms. The van der Waals surface area contributed by atoms with Crippen LogP contribution in [0.4, 0.5) is 0 Å². The molecule has 0 bridgehead atoms. The first kappa shape index (κ1) is 15.8. The number of allylic oxidation sites excluding steroid dienone is 7. The van der Waals surface area contributed by atoms with E-state index >= 15 is 0 Å². The quantitative estimate of drug-likeness (QED) is 0.492. The van der Waals surface area contributed by atoms with Crippen LogP contribution in [0.25, 0.3) is 33.0 Å². The van der Waals surface area contributed by atoms with Crippen LogP contribution < -0.4 is 0 Å². The Bertz CT molecular complexity index is 1020. The van der Waals surface area contributed by atoms with E-state index in [-0.39, 0.29) is 1.43 Å². The van der Waals surface area contributed by atoms with Crippen molar-refractivity contribution in [2.75, 3.05) is 0 Å². The van der Waals surface area contributed by atoms with E-state index in [1.807, 2.05) is 31.2 Å². The Morgan fingerprint density at radius 3 is 2.21 bits per heavy atom. The van der Waals surface area contributed by atoms with Crippen LogP contribution in [-0.2, 0) is 0 Å². The van der Waals surface area contributed by atoms with Crippen LogP contribution in [0.2, 0.25) is 0 Å². The monoisotopic (exact) mass is 313 g/mol. The van der Waals surface area contributed by atoms with Crippen LogP contribution >= 0.6 is 0 Å². The summed E-state index contributed by atoms with van der Waals surface area (Å²) in [5.41, 5.74) is 6.61. The second-order valence-electron chi connectivity index (χ2n) is 5.73. The van der Waals surface area contributed by atoms with Gasteiger partial charge >= 0.3 is 0 Å². The van der Waals surface area contributed by atoms with Gasteiger partial charge in [-0.2, -0.15) is 0 Å².